The minimum Gasteiger partial charge on any atom is -0.480 e. The Morgan fingerprint density at radius 3 is 2.56 bits per heavy atom. The second kappa shape index (κ2) is 8.73. The Labute approximate surface area is 161 Å². The quantitative estimate of drug-likeness (QED) is 0.625. The Hall–Kier alpha value is -2.80. The van der Waals surface area contributed by atoms with E-state index in [0.717, 1.165) is 22.4 Å². The summed E-state index contributed by atoms with van der Waals surface area (Å²) in [4.78, 5) is 28.8. The van der Waals surface area contributed by atoms with Crippen LogP contribution in [0.2, 0.25) is 0 Å². The maximum absolute atomic E-state index is 12.6. The monoisotopic (exact) mass is 383 g/mol. The van der Waals surface area contributed by atoms with Crippen molar-refractivity contribution < 1.29 is 14.7 Å². The summed E-state index contributed by atoms with van der Waals surface area (Å²) < 4.78 is 1.85. The van der Waals surface area contributed by atoms with Gasteiger partial charge in [0.25, 0.3) is 0 Å². The van der Waals surface area contributed by atoms with E-state index in [9.17, 15) is 14.7 Å². The Bertz CT molecular complexity index is 940. The molecule has 140 valence electrons. The summed E-state index contributed by atoms with van der Waals surface area (Å²) in [6, 6.07) is 15.9. The maximum Gasteiger partial charge on any atom is 0.326 e. The van der Waals surface area contributed by atoms with E-state index in [2.05, 4.69) is 10.3 Å². The first-order chi connectivity index (χ1) is 13.1. The molecule has 0 spiro atoms. The summed E-state index contributed by atoms with van der Waals surface area (Å²) in [7, 11) is 0. The zero-order valence-corrected chi connectivity index (χ0v) is 15.8. The fourth-order valence-electron chi connectivity index (χ4n) is 2.97. The molecule has 0 bridgehead atoms. The number of aliphatic carboxylic acids is 1. The number of fused-ring (bicyclic) bond motifs is 1. The smallest absolute Gasteiger partial charge is 0.326 e. The molecule has 27 heavy (non-hydrogen) atoms. The molecule has 1 amide bonds. The van der Waals surface area contributed by atoms with E-state index in [1.54, 1.807) is 11.8 Å². The molecule has 0 saturated carbocycles. The van der Waals surface area contributed by atoms with Crippen molar-refractivity contribution >= 4 is 34.7 Å². The third-order valence-corrected chi connectivity index (χ3v) is 4.77. The van der Waals surface area contributed by atoms with Crippen LogP contribution in [0.25, 0.3) is 11.0 Å². The van der Waals surface area contributed by atoms with Crippen molar-refractivity contribution in [2.75, 3.05) is 6.26 Å². The predicted molar refractivity (Wildman–Crippen MR) is 107 cm³/mol. The number of carboxylic acids is 1. The zero-order valence-electron chi connectivity index (χ0n) is 15.0. The SMILES string of the molecule is CSCc1nc2ccccc2n1CC(=O)NC(Cc1ccccc1)C(=O)O. The Morgan fingerprint density at radius 1 is 1.15 bits per heavy atom. The van der Waals surface area contributed by atoms with E-state index in [4.69, 9.17) is 0 Å². The number of hydrogen-bond donors (Lipinski definition) is 2. The molecule has 2 aromatic carbocycles. The number of carboxylic acid groups (broad SMARTS) is 1. The normalized spacial score (nSPS) is 12.0. The van der Waals surface area contributed by atoms with E-state index in [0.29, 0.717) is 5.75 Å². The summed E-state index contributed by atoms with van der Waals surface area (Å²) in [5.74, 6) is 0.0820. The lowest BCUT2D eigenvalue weighted by Crippen LogP contribution is -2.43. The number of imidazole rings is 1. The van der Waals surface area contributed by atoms with Crippen molar-refractivity contribution in [3.05, 3.63) is 66.0 Å². The van der Waals surface area contributed by atoms with Gasteiger partial charge in [0.2, 0.25) is 5.91 Å². The fraction of sp³-hybridized carbons (Fsp3) is 0.250. The van der Waals surface area contributed by atoms with Crippen LogP contribution in [-0.4, -0.2) is 38.8 Å². The second-order valence-corrected chi connectivity index (χ2v) is 7.05. The number of carbonyl (C=O) groups excluding carboxylic acids is 1. The average molecular weight is 383 g/mol. The van der Waals surface area contributed by atoms with Gasteiger partial charge in [0.05, 0.1) is 16.8 Å². The highest BCUT2D eigenvalue weighted by Gasteiger charge is 2.21. The van der Waals surface area contributed by atoms with E-state index in [1.807, 2.05) is 65.4 Å². The van der Waals surface area contributed by atoms with Crippen LogP contribution in [0.1, 0.15) is 11.4 Å². The molecule has 1 heterocycles. The molecular formula is C20H21N3O3S. The van der Waals surface area contributed by atoms with Gasteiger partial charge >= 0.3 is 5.97 Å². The lowest BCUT2D eigenvalue weighted by Gasteiger charge is -2.16. The van der Waals surface area contributed by atoms with Crippen LogP contribution < -0.4 is 5.32 Å². The molecule has 0 aliphatic heterocycles. The first-order valence-corrected chi connectivity index (χ1v) is 9.97. The molecule has 0 radical (unpaired) electrons. The lowest BCUT2D eigenvalue weighted by molar-refractivity contribution is -0.141. The first-order valence-electron chi connectivity index (χ1n) is 8.57. The van der Waals surface area contributed by atoms with E-state index in [-0.39, 0.29) is 18.9 Å². The molecule has 7 heteroatoms. The first kappa shape index (κ1) is 19.0. The summed E-state index contributed by atoms with van der Waals surface area (Å²) in [5.41, 5.74) is 2.56. The van der Waals surface area contributed by atoms with Crippen LogP contribution >= 0.6 is 11.8 Å². The number of nitrogens with one attached hydrogen (secondary N) is 1. The zero-order chi connectivity index (χ0) is 19.2. The molecule has 2 N–H and O–H groups in total. The van der Waals surface area contributed by atoms with Gasteiger partial charge in [0.15, 0.2) is 0 Å². The van der Waals surface area contributed by atoms with Gasteiger partial charge in [-0.15, -0.1) is 0 Å². The predicted octanol–water partition coefficient (Wildman–Crippen LogP) is 2.71. The van der Waals surface area contributed by atoms with Crippen LogP contribution in [0.4, 0.5) is 0 Å². The molecule has 1 aromatic heterocycles. The van der Waals surface area contributed by atoms with Crippen molar-refractivity contribution in [1.82, 2.24) is 14.9 Å². The van der Waals surface area contributed by atoms with Gasteiger partial charge in [0, 0.05) is 6.42 Å². The van der Waals surface area contributed by atoms with Crippen molar-refractivity contribution in [2.24, 2.45) is 0 Å². The summed E-state index contributed by atoms with van der Waals surface area (Å²) in [5, 5.41) is 12.1. The van der Waals surface area contributed by atoms with Crippen LogP contribution in [0, 0.1) is 0 Å². The van der Waals surface area contributed by atoms with Crippen molar-refractivity contribution in [1.29, 1.82) is 0 Å². The number of rotatable bonds is 8. The Morgan fingerprint density at radius 2 is 1.85 bits per heavy atom. The molecule has 3 aromatic rings. The van der Waals surface area contributed by atoms with Gasteiger partial charge in [-0.2, -0.15) is 11.8 Å². The highest BCUT2D eigenvalue weighted by Crippen LogP contribution is 2.19. The van der Waals surface area contributed by atoms with Crippen molar-refractivity contribution in [3.8, 4) is 0 Å². The standard InChI is InChI=1S/C20H21N3O3S/c1-27-13-18-21-15-9-5-6-10-17(15)23(18)12-19(24)22-16(20(25)26)11-14-7-3-2-4-8-14/h2-10,16H,11-13H2,1H3,(H,22,24)(H,25,26). The molecule has 1 unspecified atom stereocenters. The molecule has 0 aliphatic carbocycles. The summed E-state index contributed by atoms with van der Waals surface area (Å²) in [6.07, 6.45) is 2.22. The summed E-state index contributed by atoms with van der Waals surface area (Å²) in [6.45, 7) is 0.0367. The maximum atomic E-state index is 12.6. The number of aromatic nitrogens is 2. The number of para-hydroxylation sites is 2. The Kier molecular flexibility index (Phi) is 6.13. The molecule has 1 atom stereocenters. The minimum absolute atomic E-state index is 0.0367. The largest absolute Gasteiger partial charge is 0.480 e. The van der Waals surface area contributed by atoms with Gasteiger partial charge in [-0.3, -0.25) is 4.79 Å². The Balaban J connectivity index is 1.77. The lowest BCUT2D eigenvalue weighted by atomic mass is 10.1. The molecule has 3 rings (SSSR count). The molecule has 0 saturated heterocycles. The van der Waals surface area contributed by atoms with Crippen molar-refractivity contribution in [3.63, 3.8) is 0 Å². The van der Waals surface area contributed by atoms with E-state index >= 15 is 0 Å². The van der Waals surface area contributed by atoms with Crippen LogP contribution in [0.5, 0.6) is 0 Å². The van der Waals surface area contributed by atoms with Gasteiger partial charge in [-0.25, -0.2) is 9.78 Å². The number of amides is 1. The summed E-state index contributed by atoms with van der Waals surface area (Å²) >= 11 is 1.62. The fourth-order valence-corrected chi connectivity index (χ4v) is 3.45. The third-order valence-electron chi connectivity index (χ3n) is 4.22. The molecule has 6 nitrogen and oxygen atoms in total. The van der Waals surface area contributed by atoms with Gasteiger partial charge in [-0.05, 0) is 24.0 Å². The van der Waals surface area contributed by atoms with Gasteiger partial charge in [0.1, 0.15) is 18.4 Å². The van der Waals surface area contributed by atoms with Crippen LogP contribution in [-0.2, 0) is 28.3 Å². The third kappa shape index (κ3) is 4.68. The van der Waals surface area contributed by atoms with E-state index in [1.165, 1.54) is 0 Å². The van der Waals surface area contributed by atoms with Crippen LogP contribution in [0.3, 0.4) is 0 Å². The van der Waals surface area contributed by atoms with Crippen LogP contribution in [0.15, 0.2) is 54.6 Å². The average Bonchev–Trinajstić information content (AvgIpc) is 3.00. The molecule has 0 fully saturated rings. The topological polar surface area (TPSA) is 84.2 Å². The highest BCUT2D eigenvalue weighted by atomic mass is 32.2. The molecular weight excluding hydrogens is 362 g/mol. The number of hydrogen-bond acceptors (Lipinski definition) is 4. The number of nitrogens with zero attached hydrogens (tertiary/aromatic N) is 2. The number of benzene rings is 2. The molecule has 0 aliphatic rings. The van der Waals surface area contributed by atoms with E-state index < -0.39 is 12.0 Å². The highest BCUT2D eigenvalue weighted by molar-refractivity contribution is 7.97. The second-order valence-electron chi connectivity index (χ2n) is 6.18. The minimum atomic E-state index is -1.05. The number of thioether (sulfide) groups is 1. The van der Waals surface area contributed by atoms with Gasteiger partial charge < -0.3 is 15.0 Å². The number of carbonyl (C=O) groups is 2. The van der Waals surface area contributed by atoms with Gasteiger partial charge in [-0.1, -0.05) is 42.5 Å². The van der Waals surface area contributed by atoms with Crippen molar-refractivity contribution in [2.45, 2.75) is 24.8 Å².